The summed E-state index contributed by atoms with van der Waals surface area (Å²) in [5, 5.41) is 18.9. The van der Waals surface area contributed by atoms with Crippen molar-refractivity contribution in [1.82, 2.24) is 30.7 Å². The van der Waals surface area contributed by atoms with Crippen molar-refractivity contribution in [3.8, 4) is 17.3 Å². The summed E-state index contributed by atoms with van der Waals surface area (Å²) in [6.07, 6.45) is 1.91. The van der Waals surface area contributed by atoms with E-state index >= 15 is 0 Å². The molecule has 0 aliphatic heterocycles. The molecule has 3 rings (SSSR count). The Morgan fingerprint density at radius 1 is 1.32 bits per heavy atom. The Hall–Kier alpha value is -3.96. The normalized spacial score (nSPS) is 11.0. The molecule has 0 unspecified atom stereocenters. The minimum atomic E-state index is -0.533. The first-order valence-electron chi connectivity index (χ1n) is 8.17. The molecule has 2 heterocycles. The van der Waals surface area contributed by atoms with Gasteiger partial charge in [0.2, 0.25) is 11.6 Å². The fourth-order valence-corrected chi connectivity index (χ4v) is 2.45. The Morgan fingerprint density at radius 2 is 2.11 bits per heavy atom. The number of anilines is 1. The number of nitrogens with zero attached hydrogens (tertiary/aromatic N) is 6. The molecule has 0 aliphatic carbocycles. The fourth-order valence-electron chi connectivity index (χ4n) is 2.45. The Morgan fingerprint density at radius 3 is 2.75 bits per heavy atom. The monoisotopic (exact) mass is 386 g/mol. The third kappa shape index (κ3) is 3.60. The Labute approximate surface area is 159 Å². The molecule has 1 aromatic carbocycles. The largest absolute Gasteiger partial charge is 0.493 e. The number of carbonyl (C=O) groups is 1. The topological polar surface area (TPSA) is 156 Å². The van der Waals surface area contributed by atoms with E-state index in [1.54, 1.807) is 25.3 Å². The number of benzene rings is 1. The lowest BCUT2D eigenvalue weighted by Crippen LogP contribution is -2.20. The number of nitrogens with two attached hydrogens (primary N) is 1. The molecular weight excluding hydrogens is 368 g/mol. The SMILES string of the molecule is CCc1c(C(=O)N/N=C/c2ccc(OC)c(OC)c2)nnn1-c1nonc1N. The molecule has 0 bridgehead atoms. The lowest BCUT2D eigenvalue weighted by Gasteiger charge is -2.07. The van der Waals surface area contributed by atoms with Crippen LogP contribution in [0.4, 0.5) is 5.82 Å². The van der Waals surface area contributed by atoms with Gasteiger partial charge in [-0.25, -0.2) is 10.1 Å². The fraction of sp³-hybridized carbons (Fsp3) is 0.250. The minimum Gasteiger partial charge on any atom is -0.493 e. The second-order valence-corrected chi connectivity index (χ2v) is 5.44. The van der Waals surface area contributed by atoms with Gasteiger partial charge in [0.15, 0.2) is 17.2 Å². The summed E-state index contributed by atoms with van der Waals surface area (Å²) < 4.78 is 16.3. The van der Waals surface area contributed by atoms with Crippen molar-refractivity contribution >= 4 is 17.9 Å². The summed E-state index contributed by atoms with van der Waals surface area (Å²) in [7, 11) is 3.08. The second kappa shape index (κ2) is 8.16. The van der Waals surface area contributed by atoms with Gasteiger partial charge >= 0.3 is 0 Å². The average Bonchev–Trinajstić information content (AvgIpc) is 3.32. The second-order valence-electron chi connectivity index (χ2n) is 5.44. The highest BCUT2D eigenvalue weighted by Gasteiger charge is 2.22. The van der Waals surface area contributed by atoms with Crippen LogP contribution in [0, 0.1) is 0 Å². The highest BCUT2D eigenvalue weighted by atomic mass is 16.6. The summed E-state index contributed by atoms with van der Waals surface area (Å²) in [5.74, 6) is 0.812. The molecule has 3 aromatic rings. The number of rotatable bonds is 7. The number of hydrazone groups is 1. The first-order valence-corrected chi connectivity index (χ1v) is 8.17. The van der Waals surface area contributed by atoms with Gasteiger partial charge in [-0.2, -0.15) is 9.78 Å². The molecular formula is C16H18N8O4. The highest BCUT2D eigenvalue weighted by molar-refractivity contribution is 5.94. The van der Waals surface area contributed by atoms with Crippen LogP contribution in [0.15, 0.2) is 27.9 Å². The van der Waals surface area contributed by atoms with Crippen LogP contribution in [0.5, 0.6) is 11.5 Å². The van der Waals surface area contributed by atoms with Crippen LogP contribution >= 0.6 is 0 Å². The number of aromatic nitrogens is 5. The van der Waals surface area contributed by atoms with Gasteiger partial charge in [-0.05, 0) is 40.5 Å². The van der Waals surface area contributed by atoms with E-state index in [1.165, 1.54) is 18.0 Å². The summed E-state index contributed by atoms with van der Waals surface area (Å²) in [6.45, 7) is 1.84. The molecule has 2 aromatic heterocycles. The molecule has 12 heteroatoms. The number of ether oxygens (including phenoxy) is 2. The first-order chi connectivity index (χ1) is 13.6. The van der Waals surface area contributed by atoms with Gasteiger partial charge in [0.1, 0.15) is 0 Å². The molecule has 3 N–H and O–H groups in total. The van der Waals surface area contributed by atoms with E-state index < -0.39 is 5.91 Å². The average molecular weight is 386 g/mol. The van der Waals surface area contributed by atoms with Crippen molar-refractivity contribution in [2.24, 2.45) is 5.10 Å². The van der Waals surface area contributed by atoms with E-state index in [2.05, 4.69) is 35.8 Å². The van der Waals surface area contributed by atoms with Gasteiger partial charge in [0, 0.05) is 0 Å². The minimum absolute atomic E-state index is 0.0398. The van der Waals surface area contributed by atoms with Gasteiger partial charge in [-0.1, -0.05) is 12.1 Å². The molecule has 0 spiro atoms. The maximum atomic E-state index is 12.4. The standard InChI is InChI=1S/C16H18N8O4/c1-4-10-13(19-23-24(10)15-14(17)21-28-22-15)16(25)20-18-8-9-5-6-11(26-2)12(7-9)27-3/h5-8H,4H2,1-3H3,(H2,17,21)(H,20,25)/b18-8+. The van der Waals surface area contributed by atoms with E-state index in [1.807, 2.05) is 6.92 Å². The van der Waals surface area contributed by atoms with Crippen LogP contribution in [-0.2, 0) is 6.42 Å². The Bertz CT molecular complexity index is 1010. The lowest BCUT2D eigenvalue weighted by atomic mass is 10.2. The molecule has 0 radical (unpaired) electrons. The van der Waals surface area contributed by atoms with Gasteiger partial charge < -0.3 is 15.2 Å². The molecule has 12 nitrogen and oxygen atoms in total. The zero-order valence-electron chi connectivity index (χ0n) is 15.4. The summed E-state index contributed by atoms with van der Waals surface area (Å²) >= 11 is 0. The van der Waals surface area contributed by atoms with Crippen molar-refractivity contribution in [3.63, 3.8) is 0 Å². The number of hydrogen-bond donors (Lipinski definition) is 2. The predicted octanol–water partition coefficient (Wildman–Crippen LogP) is 0.576. The van der Waals surface area contributed by atoms with Crippen LogP contribution in [0.1, 0.15) is 28.7 Å². The molecule has 28 heavy (non-hydrogen) atoms. The first kappa shape index (κ1) is 18.8. The smallest absolute Gasteiger partial charge is 0.293 e. The van der Waals surface area contributed by atoms with Crippen molar-refractivity contribution < 1.29 is 18.9 Å². The van der Waals surface area contributed by atoms with E-state index in [0.717, 1.165) is 0 Å². The third-order valence-electron chi connectivity index (χ3n) is 3.80. The third-order valence-corrected chi connectivity index (χ3v) is 3.80. The highest BCUT2D eigenvalue weighted by Crippen LogP contribution is 2.26. The molecule has 0 atom stereocenters. The van der Waals surface area contributed by atoms with E-state index in [-0.39, 0.29) is 17.3 Å². The molecule has 0 saturated carbocycles. The van der Waals surface area contributed by atoms with E-state index in [0.29, 0.717) is 29.2 Å². The van der Waals surface area contributed by atoms with Crippen molar-refractivity contribution in [2.75, 3.05) is 20.0 Å². The van der Waals surface area contributed by atoms with Crippen LogP contribution in [0.25, 0.3) is 5.82 Å². The van der Waals surface area contributed by atoms with Crippen molar-refractivity contribution in [2.45, 2.75) is 13.3 Å². The van der Waals surface area contributed by atoms with Crippen molar-refractivity contribution in [1.29, 1.82) is 0 Å². The van der Waals surface area contributed by atoms with Crippen LogP contribution < -0.4 is 20.6 Å². The van der Waals surface area contributed by atoms with E-state index in [9.17, 15) is 4.79 Å². The number of methoxy groups -OCH3 is 2. The number of hydrogen-bond acceptors (Lipinski definition) is 10. The van der Waals surface area contributed by atoms with Gasteiger partial charge in [0.25, 0.3) is 5.91 Å². The molecule has 0 saturated heterocycles. The number of carbonyl (C=O) groups excluding carboxylic acids is 1. The quantitative estimate of drug-likeness (QED) is 0.438. The maximum absolute atomic E-state index is 12.4. The summed E-state index contributed by atoms with van der Waals surface area (Å²) in [4.78, 5) is 12.4. The zero-order chi connectivity index (χ0) is 20.1. The van der Waals surface area contributed by atoms with Crippen LogP contribution in [0.2, 0.25) is 0 Å². The Kier molecular flexibility index (Phi) is 5.48. The number of nitrogen functional groups attached to an aromatic ring is 1. The maximum Gasteiger partial charge on any atom is 0.293 e. The molecule has 1 amide bonds. The van der Waals surface area contributed by atoms with E-state index in [4.69, 9.17) is 15.2 Å². The van der Waals surface area contributed by atoms with Crippen molar-refractivity contribution in [3.05, 3.63) is 35.2 Å². The summed E-state index contributed by atoms with van der Waals surface area (Å²) in [5.41, 5.74) is 9.37. The molecule has 0 fully saturated rings. The van der Waals surface area contributed by atoms with Gasteiger partial charge in [-0.15, -0.1) is 5.10 Å². The molecule has 146 valence electrons. The molecule has 0 aliphatic rings. The van der Waals surface area contributed by atoms with Gasteiger partial charge in [0.05, 0.1) is 26.1 Å². The Balaban J connectivity index is 1.76. The zero-order valence-corrected chi connectivity index (χ0v) is 15.4. The number of amides is 1. The van der Waals surface area contributed by atoms with Crippen LogP contribution in [-0.4, -0.2) is 51.6 Å². The summed E-state index contributed by atoms with van der Waals surface area (Å²) in [6, 6.07) is 5.23. The van der Waals surface area contributed by atoms with Crippen LogP contribution in [0.3, 0.4) is 0 Å². The predicted molar refractivity (Wildman–Crippen MR) is 97.6 cm³/mol. The lowest BCUT2D eigenvalue weighted by molar-refractivity contribution is 0.0949. The number of nitrogens with one attached hydrogen (secondary N) is 1. The van der Waals surface area contributed by atoms with Gasteiger partial charge in [-0.3, -0.25) is 4.79 Å².